The first-order valence-electron chi connectivity index (χ1n) is 3.97. The van der Waals surface area contributed by atoms with Gasteiger partial charge in [-0.1, -0.05) is 30.3 Å². The molecule has 1 rings (SSSR count). The third kappa shape index (κ3) is 3.45. The van der Waals surface area contributed by atoms with Crippen LogP contribution in [0.3, 0.4) is 0 Å². The Morgan fingerprint density at radius 1 is 1.31 bits per heavy atom. The summed E-state index contributed by atoms with van der Waals surface area (Å²) in [6.07, 6.45) is 2.11. The lowest BCUT2D eigenvalue weighted by Crippen LogP contribution is -1.95. The van der Waals surface area contributed by atoms with Crippen molar-refractivity contribution >= 4 is 12.0 Å². The van der Waals surface area contributed by atoms with E-state index in [1.807, 2.05) is 30.3 Å². The molecule has 0 aliphatic heterocycles. The molecule has 0 saturated heterocycles. The number of rotatable bonds is 3. The van der Waals surface area contributed by atoms with Crippen molar-refractivity contribution in [2.45, 2.75) is 12.8 Å². The lowest BCUT2D eigenvalue weighted by Gasteiger charge is -1.95. The highest BCUT2D eigenvalue weighted by Gasteiger charge is 1.98. The van der Waals surface area contributed by atoms with Crippen LogP contribution in [0.15, 0.2) is 35.3 Å². The number of nitrogens with zero attached hydrogens (tertiary/aromatic N) is 1. The highest BCUT2D eigenvalue weighted by Crippen LogP contribution is 2.02. The molecular formula is C10H9NO2. The number of carbonyl (C=O) groups excluding carboxylic acids is 2. The first kappa shape index (κ1) is 9.36. The summed E-state index contributed by atoms with van der Waals surface area (Å²) in [6.45, 7) is 0. The molecule has 0 atom stereocenters. The molecule has 0 aliphatic rings. The molecule has 0 heterocycles. The van der Waals surface area contributed by atoms with Gasteiger partial charge in [-0.3, -0.25) is 4.79 Å². The highest BCUT2D eigenvalue weighted by molar-refractivity contribution is 5.81. The molecule has 3 nitrogen and oxygen atoms in total. The number of hydrogen-bond acceptors (Lipinski definition) is 2. The van der Waals surface area contributed by atoms with Crippen LogP contribution in [0.4, 0.5) is 0 Å². The standard InChI is InChI=1S/C10H9NO2/c12-8-11-10(13)7-6-9-4-2-1-3-5-9/h1-5H,6-7H2. The van der Waals surface area contributed by atoms with Crippen LogP contribution in [0.2, 0.25) is 0 Å². The SMILES string of the molecule is O=C=NC(=O)CCc1ccccc1. The molecule has 0 bridgehead atoms. The molecule has 0 fully saturated rings. The smallest absolute Gasteiger partial charge is 0.256 e. The molecule has 1 amide bonds. The van der Waals surface area contributed by atoms with Gasteiger partial charge in [-0.15, -0.1) is 4.99 Å². The summed E-state index contributed by atoms with van der Waals surface area (Å²) in [6, 6.07) is 9.58. The Hall–Kier alpha value is -1.73. The summed E-state index contributed by atoms with van der Waals surface area (Å²) in [5.74, 6) is -0.418. The fourth-order valence-electron chi connectivity index (χ4n) is 1.00. The number of hydrogen-bond donors (Lipinski definition) is 0. The van der Waals surface area contributed by atoms with Crippen LogP contribution < -0.4 is 0 Å². The van der Waals surface area contributed by atoms with Gasteiger partial charge in [0.25, 0.3) is 5.91 Å². The Morgan fingerprint density at radius 3 is 2.62 bits per heavy atom. The average molecular weight is 175 g/mol. The van der Waals surface area contributed by atoms with E-state index >= 15 is 0 Å². The van der Waals surface area contributed by atoms with Crippen molar-refractivity contribution in [1.29, 1.82) is 0 Å². The zero-order valence-corrected chi connectivity index (χ0v) is 7.06. The normalized spacial score (nSPS) is 8.92. The van der Waals surface area contributed by atoms with Gasteiger partial charge in [0.1, 0.15) is 0 Å². The molecule has 1 aromatic rings. The van der Waals surface area contributed by atoms with E-state index in [1.165, 1.54) is 6.08 Å². The number of isocyanates is 1. The van der Waals surface area contributed by atoms with E-state index in [0.717, 1.165) is 5.56 Å². The molecular weight excluding hydrogens is 166 g/mol. The van der Waals surface area contributed by atoms with Crippen LogP contribution in [0.5, 0.6) is 0 Å². The predicted molar refractivity (Wildman–Crippen MR) is 47.9 cm³/mol. The van der Waals surface area contributed by atoms with Crippen LogP contribution in [-0.4, -0.2) is 12.0 Å². The fraction of sp³-hybridized carbons (Fsp3) is 0.200. The van der Waals surface area contributed by atoms with Crippen LogP contribution in [0, 0.1) is 0 Å². The van der Waals surface area contributed by atoms with E-state index in [1.54, 1.807) is 0 Å². The summed E-state index contributed by atoms with van der Waals surface area (Å²) < 4.78 is 0. The zero-order valence-electron chi connectivity index (χ0n) is 7.06. The van der Waals surface area contributed by atoms with Crippen molar-refractivity contribution in [2.24, 2.45) is 4.99 Å². The molecule has 13 heavy (non-hydrogen) atoms. The molecule has 0 N–H and O–H groups in total. The first-order chi connectivity index (χ1) is 6.33. The van der Waals surface area contributed by atoms with Gasteiger partial charge in [-0.25, -0.2) is 4.79 Å². The summed E-state index contributed by atoms with van der Waals surface area (Å²) in [4.78, 5) is 23.5. The van der Waals surface area contributed by atoms with Gasteiger partial charge in [-0.2, -0.15) is 0 Å². The largest absolute Gasteiger partial charge is 0.272 e. The maximum absolute atomic E-state index is 10.8. The summed E-state index contributed by atoms with van der Waals surface area (Å²) in [5.41, 5.74) is 1.07. The predicted octanol–water partition coefficient (Wildman–Crippen LogP) is 1.48. The minimum atomic E-state index is -0.418. The summed E-state index contributed by atoms with van der Waals surface area (Å²) >= 11 is 0. The molecule has 0 spiro atoms. The van der Waals surface area contributed by atoms with Crippen molar-refractivity contribution in [1.82, 2.24) is 0 Å². The molecule has 0 saturated carbocycles. The van der Waals surface area contributed by atoms with Gasteiger partial charge in [0, 0.05) is 6.42 Å². The topological polar surface area (TPSA) is 46.5 Å². The maximum Gasteiger partial charge on any atom is 0.256 e. The fourth-order valence-corrected chi connectivity index (χ4v) is 1.00. The summed E-state index contributed by atoms with van der Waals surface area (Å²) in [7, 11) is 0. The van der Waals surface area contributed by atoms with E-state index in [4.69, 9.17) is 0 Å². The Labute approximate surface area is 76.1 Å². The second kappa shape index (κ2) is 5.01. The van der Waals surface area contributed by atoms with Crippen molar-refractivity contribution in [3.8, 4) is 0 Å². The van der Waals surface area contributed by atoms with Crippen molar-refractivity contribution in [3.05, 3.63) is 35.9 Å². The van der Waals surface area contributed by atoms with Crippen LogP contribution >= 0.6 is 0 Å². The van der Waals surface area contributed by atoms with Gasteiger partial charge < -0.3 is 0 Å². The monoisotopic (exact) mass is 175 g/mol. The van der Waals surface area contributed by atoms with E-state index < -0.39 is 5.91 Å². The number of aliphatic imine (C=N–C) groups is 1. The Bertz CT molecular complexity index is 326. The van der Waals surface area contributed by atoms with Gasteiger partial charge >= 0.3 is 0 Å². The van der Waals surface area contributed by atoms with Gasteiger partial charge in [0.15, 0.2) is 0 Å². The van der Waals surface area contributed by atoms with Crippen LogP contribution in [0.25, 0.3) is 0 Å². The molecule has 0 radical (unpaired) electrons. The van der Waals surface area contributed by atoms with Crippen LogP contribution in [0.1, 0.15) is 12.0 Å². The highest BCUT2D eigenvalue weighted by atomic mass is 16.2. The molecule has 0 aliphatic carbocycles. The minimum absolute atomic E-state index is 0.263. The van der Waals surface area contributed by atoms with Gasteiger partial charge in [0.05, 0.1) is 0 Å². The van der Waals surface area contributed by atoms with Crippen molar-refractivity contribution in [2.75, 3.05) is 0 Å². The Morgan fingerprint density at radius 2 is 2.00 bits per heavy atom. The second-order valence-corrected chi connectivity index (χ2v) is 2.58. The maximum atomic E-state index is 10.8. The van der Waals surface area contributed by atoms with Crippen LogP contribution in [-0.2, 0) is 16.0 Å². The third-order valence-corrected chi connectivity index (χ3v) is 1.64. The van der Waals surface area contributed by atoms with E-state index in [2.05, 4.69) is 4.99 Å². The zero-order chi connectivity index (χ0) is 9.52. The van der Waals surface area contributed by atoms with Gasteiger partial charge in [-0.05, 0) is 12.0 Å². The minimum Gasteiger partial charge on any atom is -0.272 e. The molecule has 3 heteroatoms. The third-order valence-electron chi connectivity index (χ3n) is 1.64. The van der Waals surface area contributed by atoms with E-state index in [0.29, 0.717) is 6.42 Å². The first-order valence-corrected chi connectivity index (χ1v) is 3.97. The molecule has 0 aromatic heterocycles. The second-order valence-electron chi connectivity index (χ2n) is 2.58. The lowest BCUT2D eigenvalue weighted by atomic mass is 10.1. The van der Waals surface area contributed by atoms with Gasteiger partial charge in [0.2, 0.25) is 6.08 Å². The quantitative estimate of drug-likeness (QED) is 0.516. The molecule has 0 unspecified atom stereocenters. The average Bonchev–Trinajstić information content (AvgIpc) is 2.17. The van der Waals surface area contributed by atoms with E-state index in [9.17, 15) is 9.59 Å². The molecule has 1 aromatic carbocycles. The Balaban J connectivity index is 2.44. The number of benzene rings is 1. The Kier molecular flexibility index (Phi) is 3.61. The number of amides is 1. The lowest BCUT2D eigenvalue weighted by molar-refractivity contribution is -0.117. The number of carbonyl (C=O) groups is 1. The summed E-state index contributed by atoms with van der Waals surface area (Å²) in [5, 5.41) is 0. The van der Waals surface area contributed by atoms with E-state index in [-0.39, 0.29) is 6.42 Å². The number of aryl methyl sites for hydroxylation is 1. The van der Waals surface area contributed by atoms with Crippen molar-refractivity contribution in [3.63, 3.8) is 0 Å². The molecule has 66 valence electrons. The van der Waals surface area contributed by atoms with Crippen molar-refractivity contribution < 1.29 is 9.59 Å².